The third-order valence-electron chi connectivity index (χ3n) is 1.93. The lowest BCUT2D eigenvalue weighted by molar-refractivity contribution is -0.0485. The van der Waals surface area contributed by atoms with Gasteiger partial charge >= 0.3 is 0 Å². The molecule has 0 spiro atoms. The van der Waals surface area contributed by atoms with Gasteiger partial charge in [-0.2, -0.15) is 0 Å². The van der Waals surface area contributed by atoms with Gasteiger partial charge in [0.2, 0.25) is 0 Å². The Labute approximate surface area is 71.1 Å². The van der Waals surface area contributed by atoms with Crippen LogP contribution in [0.15, 0.2) is 0 Å². The van der Waals surface area contributed by atoms with Gasteiger partial charge in [-0.15, -0.1) is 0 Å². The quantitative estimate of drug-likeness (QED) is 0.526. The van der Waals surface area contributed by atoms with Crippen molar-refractivity contribution in [2.24, 2.45) is 5.92 Å². The van der Waals surface area contributed by atoms with Crippen molar-refractivity contribution in [3.63, 3.8) is 0 Å². The zero-order valence-corrected chi connectivity index (χ0v) is 8.55. The van der Waals surface area contributed by atoms with Gasteiger partial charge in [-0.05, 0) is 32.6 Å². The summed E-state index contributed by atoms with van der Waals surface area (Å²) in [5, 5.41) is 0. The van der Waals surface area contributed by atoms with E-state index in [9.17, 15) is 0 Å². The Hall–Kier alpha value is -0.0400. The van der Waals surface area contributed by atoms with Gasteiger partial charge in [-0.1, -0.05) is 20.8 Å². The van der Waals surface area contributed by atoms with Crippen LogP contribution < -0.4 is 0 Å². The first kappa shape index (κ1) is 11.0. The lowest BCUT2D eigenvalue weighted by atomic mass is 9.95. The van der Waals surface area contributed by atoms with Crippen molar-refractivity contribution in [3.8, 4) is 0 Å². The highest BCUT2D eigenvalue weighted by atomic mass is 16.5. The molecule has 68 valence electrons. The fourth-order valence-corrected chi connectivity index (χ4v) is 1.74. The Morgan fingerprint density at radius 3 is 1.55 bits per heavy atom. The Balaban J connectivity index is 0.000000461. The summed E-state index contributed by atoms with van der Waals surface area (Å²) in [7, 11) is 0. The van der Waals surface area contributed by atoms with Crippen molar-refractivity contribution in [3.05, 3.63) is 0 Å². The van der Waals surface area contributed by atoms with Crippen molar-refractivity contribution in [1.29, 1.82) is 0 Å². The predicted molar refractivity (Wildman–Crippen MR) is 49.8 cm³/mol. The van der Waals surface area contributed by atoms with Gasteiger partial charge in [0.25, 0.3) is 0 Å². The molecule has 1 heterocycles. The van der Waals surface area contributed by atoms with Crippen LogP contribution in [0.4, 0.5) is 0 Å². The van der Waals surface area contributed by atoms with E-state index in [4.69, 9.17) is 4.74 Å². The molecule has 0 saturated carbocycles. The molecule has 11 heavy (non-hydrogen) atoms. The van der Waals surface area contributed by atoms with Crippen LogP contribution >= 0.6 is 0 Å². The van der Waals surface area contributed by atoms with Crippen molar-refractivity contribution in [1.82, 2.24) is 0 Å². The summed E-state index contributed by atoms with van der Waals surface area (Å²) in [6, 6.07) is 0. The molecule has 0 aromatic carbocycles. The van der Waals surface area contributed by atoms with Gasteiger partial charge in [-0.3, -0.25) is 0 Å². The highest BCUT2D eigenvalue weighted by molar-refractivity contribution is 4.69. The van der Waals surface area contributed by atoms with Crippen LogP contribution in [0.3, 0.4) is 0 Å². The normalized spacial score (nSPS) is 37.4. The van der Waals surface area contributed by atoms with E-state index in [1.165, 1.54) is 12.8 Å². The topological polar surface area (TPSA) is 9.23 Å². The molecule has 1 aliphatic rings. The SMILES string of the molecule is CC.CC1CC(C)O[C@@H](C)C1. The molecule has 0 aromatic rings. The molecule has 3 atom stereocenters. The summed E-state index contributed by atoms with van der Waals surface area (Å²) in [5.41, 5.74) is 0. The van der Waals surface area contributed by atoms with Crippen molar-refractivity contribution in [2.45, 2.75) is 59.7 Å². The Morgan fingerprint density at radius 1 is 0.909 bits per heavy atom. The van der Waals surface area contributed by atoms with Crippen LogP contribution in [0.1, 0.15) is 47.5 Å². The lowest BCUT2D eigenvalue weighted by Gasteiger charge is -2.29. The van der Waals surface area contributed by atoms with E-state index < -0.39 is 0 Å². The van der Waals surface area contributed by atoms with Crippen LogP contribution in [0, 0.1) is 5.92 Å². The zero-order chi connectivity index (χ0) is 8.85. The molecule has 0 aromatic heterocycles. The minimum absolute atomic E-state index is 0.490. The highest BCUT2D eigenvalue weighted by Gasteiger charge is 2.20. The van der Waals surface area contributed by atoms with Gasteiger partial charge in [-0.25, -0.2) is 0 Å². The summed E-state index contributed by atoms with van der Waals surface area (Å²) in [6.45, 7) is 10.6. The van der Waals surface area contributed by atoms with Crippen molar-refractivity contribution in [2.75, 3.05) is 0 Å². The van der Waals surface area contributed by atoms with Gasteiger partial charge in [0.05, 0.1) is 12.2 Å². The molecular formula is C10H22O. The van der Waals surface area contributed by atoms with Crippen LogP contribution in [-0.4, -0.2) is 12.2 Å². The molecule has 1 rings (SSSR count). The minimum atomic E-state index is 0.490. The predicted octanol–water partition coefficient (Wildman–Crippen LogP) is 3.24. The molecule has 1 saturated heterocycles. The third kappa shape index (κ3) is 4.41. The Kier molecular flexibility index (Phi) is 5.57. The van der Waals surface area contributed by atoms with Crippen LogP contribution in [0.5, 0.6) is 0 Å². The highest BCUT2D eigenvalue weighted by Crippen LogP contribution is 2.23. The van der Waals surface area contributed by atoms with Crippen molar-refractivity contribution < 1.29 is 4.74 Å². The second-order valence-corrected chi connectivity index (χ2v) is 3.33. The fraction of sp³-hybridized carbons (Fsp3) is 1.00. The molecule has 0 aliphatic carbocycles. The Morgan fingerprint density at radius 2 is 1.27 bits per heavy atom. The summed E-state index contributed by atoms with van der Waals surface area (Å²) in [5.74, 6) is 0.865. The number of hydrogen-bond acceptors (Lipinski definition) is 1. The second kappa shape index (κ2) is 5.59. The summed E-state index contributed by atoms with van der Waals surface area (Å²) >= 11 is 0. The van der Waals surface area contributed by atoms with E-state index in [0.29, 0.717) is 12.2 Å². The maximum atomic E-state index is 5.56. The number of rotatable bonds is 0. The first-order valence-electron chi connectivity index (χ1n) is 4.84. The number of hydrogen-bond donors (Lipinski definition) is 0. The van der Waals surface area contributed by atoms with E-state index in [1.54, 1.807) is 0 Å². The van der Waals surface area contributed by atoms with Crippen LogP contribution in [0.2, 0.25) is 0 Å². The van der Waals surface area contributed by atoms with Gasteiger partial charge in [0, 0.05) is 0 Å². The molecule has 1 heteroatoms. The first-order valence-corrected chi connectivity index (χ1v) is 4.84. The molecular weight excluding hydrogens is 136 g/mol. The molecule has 0 N–H and O–H groups in total. The van der Waals surface area contributed by atoms with E-state index in [2.05, 4.69) is 20.8 Å². The van der Waals surface area contributed by atoms with Crippen molar-refractivity contribution >= 4 is 0 Å². The first-order chi connectivity index (χ1) is 5.18. The molecule has 1 fully saturated rings. The second-order valence-electron chi connectivity index (χ2n) is 3.33. The fourth-order valence-electron chi connectivity index (χ4n) is 1.74. The largest absolute Gasteiger partial charge is 0.376 e. The molecule has 1 aliphatic heterocycles. The molecule has 2 unspecified atom stereocenters. The van der Waals surface area contributed by atoms with E-state index in [1.807, 2.05) is 13.8 Å². The lowest BCUT2D eigenvalue weighted by Crippen LogP contribution is -2.27. The average Bonchev–Trinajstić information content (AvgIpc) is 1.88. The maximum absolute atomic E-state index is 5.56. The smallest absolute Gasteiger partial charge is 0.0553 e. The van der Waals surface area contributed by atoms with Crippen LogP contribution in [-0.2, 0) is 4.74 Å². The van der Waals surface area contributed by atoms with E-state index in [-0.39, 0.29) is 0 Å². The molecule has 0 bridgehead atoms. The third-order valence-corrected chi connectivity index (χ3v) is 1.93. The Bertz CT molecular complexity index is 65.9. The average molecular weight is 158 g/mol. The van der Waals surface area contributed by atoms with E-state index >= 15 is 0 Å². The summed E-state index contributed by atoms with van der Waals surface area (Å²) in [6.07, 6.45) is 3.46. The molecule has 1 nitrogen and oxygen atoms in total. The van der Waals surface area contributed by atoms with E-state index in [0.717, 1.165) is 5.92 Å². The molecule has 0 amide bonds. The number of ether oxygens (including phenoxy) is 1. The van der Waals surface area contributed by atoms with Gasteiger partial charge in [0.15, 0.2) is 0 Å². The summed E-state index contributed by atoms with van der Waals surface area (Å²) < 4.78 is 5.56. The van der Waals surface area contributed by atoms with Gasteiger partial charge in [0.1, 0.15) is 0 Å². The zero-order valence-electron chi connectivity index (χ0n) is 8.55. The van der Waals surface area contributed by atoms with Crippen LogP contribution in [0.25, 0.3) is 0 Å². The molecule has 0 radical (unpaired) electrons. The van der Waals surface area contributed by atoms with Gasteiger partial charge < -0.3 is 4.74 Å². The minimum Gasteiger partial charge on any atom is -0.376 e. The maximum Gasteiger partial charge on any atom is 0.0553 e. The standard InChI is InChI=1S/C8H16O.C2H6/c1-6-4-7(2)9-8(3)5-6;1-2/h6-8H,4-5H2,1-3H3;1-2H3/t6?,7-,8?;/m0./s1. The summed E-state index contributed by atoms with van der Waals surface area (Å²) in [4.78, 5) is 0. The monoisotopic (exact) mass is 158 g/mol.